The Morgan fingerprint density at radius 3 is 1.83 bits per heavy atom. The first-order chi connectivity index (χ1) is 14.4. The molecule has 0 aliphatic heterocycles. The summed E-state index contributed by atoms with van der Waals surface area (Å²) in [5.74, 6) is 0. The highest BCUT2D eigenvalue weighted by molar-refractivity contribution is 5.87. The molecule has 4 aromatic rings. The van der Waals surface area contributed by atoms with Gasteiger partial charge in [-0.2, -0.15) is 0 Å². The van der Waals surface area contributed by atoms with Crippen LogP contribution in [-0.4, -0.2) is 0 Å². The van der Waals surface area contributed by atoms with Crippen molar-refractivity contribution in [1.29, 1.82) is 0 Å². The Hall–Kier alpha value is -3.52. The number of nitrogen functional groups attached to an aromatic ring is 1. The van der Waals surface area contributed by atoms with E-state index in [-0.39, 0.29) is 5.41 Å². The highest BCUT2D eigenvalue weighted by Gasteiger charge is 2.14. The van der Waals surface area contributed by atoms with Crippen molar-refractivity contribution in [1.82, 2.24) is 0 Å². The van der Waals surface area contributed by atoms with E-state index in [2.05, 4.69) is 92.8 Å². The lowest BCUT2D eigenvalue weighted by Crippen LogP contribution is -2.10. The van der Waals surface area contributed by atoms with E-state index >= 15 is 0 Å². The summed E-state index contributed by atoms with van der Waals surface area (Å²) in [7, 11) is 0. The van der Waals surface area contributed by atoms with E-state index in [9.17, 15) is 0 Å². The summed E-state index contributed by atoms with van der Waals surface area (Å²) < 4.78 is 0. The second kappa shape index (κ2) is 8.08. The van der Waals surface area contributed by atoms with Crippen LogP contribution in [0.25, 0.3) is 22.3 Å². The lowest BCUT2D eigenvalue weighted by molar-refractivity contribution is 0.590. The standard InChI is InChI=1S/C28H28N2/c1-28(2,3)22-13-9-21(10-14-22)27-19-25(30-24-7-5-4-6-8-24)17-18-26(27)20-11-15-23(29)16-12-20/h4-19,30H,29H2,1-3H3. The third kappa shape index (κ3) is 4.38. The predicted molar refractivity (Wildman–Crippen MR) is 130 cm³/mol. The van der Waals surface area contributed by atoms with Gasteiger partial charge in [0.05, 0.1) is 0 Å². The molecule has 0 spiro atoms. The normalized spacial score (nSPS) is 11.3. The van der Waals surface area contributed by atoms with Crippen LogP contribution in [0.2, 0.25) is 0 Å². The number of anilines is 3. The number of para-hydroxylation sites is 1. The maximum atomic E-state index is 5.91. The number of nitrogens with two attached hydrogens (primary N) is 1. The van der Waals surface area contributed by atoms with Gasteiger partial charge < -0.3 is 11.1 Å². The topological polar surface area (TPSA) is 38.0 Å². The van der Waals surface area contributed by atoms with Crippen LogP contribution in [0.5, 0.6) is 0 Å². The molecule has 0 saturated heterocycles. The van der Waals surface area contributed by atoms with Crippen molar-refractivity contribution in [2.45, 2.75) is 26.2 Å². The zero-order chi connectivity index (χ0) is 21.1. The highest BCUT2D eigenvalue weighted by Crippen LogP contribution is 2.36. The van der Waals surface area contributed by atoms with Gasteiger partial charge in [0.2, 0.25) is 0 Å². The van der Waals surface area contributed by atoms with Crippen LogP contribution in [0.3, 0.4) is 0 Å². The van der Waals surface area contributed by atoms with Crippen LogP contribution in [0.4, 0.5) is 17.1 Å². The van der Waals surface area contributed by atoms with E-state index in [4.69, 9.17) is 5.73 Å². The lowest BCUT2D eigenvalue weighted by atomic mass is 9.85. The molecule has 0 aromatic heterocycles. The van der Waals surface area contributed by atoms with Gasteiger partial charge in [-0.05, 0) is 69.6 Å². The van der Waals surface area contributed by atoms with Gasteiger partial charge >= 0.3 is 0 Å². The highest BCUT2D eigenvalue weighted by atomic mass is 14.9. The summed E-state index contributed by atoms with van der Waals surface area (Å²) in [5.41, 5.74) is 15.0. The van der Waals surface area contributed by atoms with Crippen molar-refractivity contribution in [3.05, 3.63) is 103 Å². The van der Waals surface area contributed by atoms with E-state index in [1.807, 2.05) is 30.3 Å². The van der Waals surface area contributed by atoms with Crippen molar-refractivity contribution in [2.75, 3.05) is 11.1 Å². The largest absolute Gasteiger partial charge is 0.399 e. The van der Waals surface area contributed by atoms with Crippen LogP contribution in [0.15, 0.2) is 97.1 Å². The molecule has 3 N–H and O–H groups in total. The van der Waals surface area contributed by atoms with Gasteiger partial charge in [-0.25, -0.2) is 0 Å². The summed E-state index contributed by atoms with van der Waals surface area (Å²) >= 11 is 0. The maximum Gasteiger partial charge on any atom is 0.0390 e. The first kappa shape index (κ1) is 19.8. The fourth-order valence-electron chi connectivity index (χ4n) is 3.61. The van der Waals surface area contributed by atoms with Crippen LogP contribution >= 0.6 is 0 Å². The van der Waals surface area contributed by atoms with Gasteiger partial charge in [-0.1, -0.05) is 81.4 Å². The number of hydrogen-bond donors (Lipinski definition) is 2. The molecule has 0 unspecified atom stereocenters. The average Bonchev–Trinajstić information content (AvgIpc) is 2.75. The third-order valence-corrected chi connectivity index (χ3v) is 5.37. The molecule has 0 aliphatic rings. The Bertz CT molecular complexity index is 1120. The first-order valence-electron chi connectivity index (χ1n) is 10.3. The second-order valence-electron chi connectivity index (χ2n) is 8.70. The fraction of sp³-hybridized carbons (Fsp3) is 0.143. The van der Waals surface area contributed by atoms with Gasteiger partial charge in [-0.15, -0.1) is 0 Å². The van der Waals surface area contributed by atoms with Crippen molar-refractivity contribution < 1.29 is 0 Å². The molecule has 0 saturated carbocycles. The van der Waals surface area contributed by atoms with Crippen LogP contribution in [0, 0.1) is 0 Å². The van der Waals surface area contributed by atoms with Gasteiger partial charge in [0, 0.05) is 17.1 Å². The SMILES string of the molecule is CC(C)(C)c1ccc(-c2cc(Nc3ccccc3)ccc2-c2ccc(N)cc2)cc1. The Labute approximate surface area is 179 Å². The molecule has 2 nitrogen and oxygen atoms in total. The molecule has 0 amide bonds. The third-order valence-electron chi connectivity index (χ3n) is 5.37. The van der Waals surface area contributed by atoms with Gasteiger partial charge in [-0.3, -0.25) is 0 Å². The van der Waals surface area contributed by atoms with E-state index in [1.54, 1.807) is 0 Å². The molecule has 0 radical (unpaired) electrons. The van der Waals surface area contributed by atoms with E-state index in [1.165, 1.54) is 22.3 Å². The molecule has 4 rings (SSSR count). The number of rotatable bonds is 4. The van der Waals surface area contributed by atoms with Crippen LogP contribution in [0.1, 0.15) is 26.3 Å². The molecule has 0 bridgehead atoms. The van der Waals surface area contributed by atoms with Crippen molar-refractivity contribution >= 4 is 17.1 Å². The van der Waals surface area contributed by atoms with Gasteiger partial charge in [0.15, 0.2) is 0 Å². The Balaban J connectivity index is 1.79. The number of nitrogens with one attached hydrogen (secondary N) is 1. The smallest absolute Gasteiger partial charge is 0.0390 e. The number of benzene rings is 4. The monoisotopic (exact) mass is 392 g/mol. The zero-order valence-electron chi connectivity index (χ0n) is 17.8. The summed E-state index contributed by atoms with van der Waals surface area (Å²) in [4.78, 5) is 0. The summed E-state index contributed by atoms with van der Waals surface area (Å²) in [6, 6.07) is 33.8. The quantitative estimate of drug-likeness (QED) is 0.350. The Morgan fingerprint density at radius 1 is 0.600 bits per heavy atom. The second-order valence-corrected chi connectivity index (χ2v) is 8.70. The molecular formula is C28H28N2. The summed E-state index contributed by atoms with van der Waals surface area (Å²) in [6.45, 7) is 6.73. The maximum absolute atomic E-state index is 5.91. The minimum atomic E-state index is 0.134. The summed E-state index contributed by atoms with van der Waals surface area (Å²) in [6.07, 6.45) is 0. The molecule has 0 heterocycles. The predicted octanol–water partition coefficient (Wildman–Crippen LogP) is 7.64. The zero-order valence-corrected chi connectivity index (χ0v) is 17.8. The first-order valence-corrected chi connectivity index (χ1v) is 10.3. The van der Waals surface area contributed by atoms with Gasteiger partial charge in [0.25, 0.3) is 0 Å². The van der Waals surface area contributed by atoms with Crippen LogP contribution in [-0.2, 0) is 5.41 Å². The Morgan fingerprint density at radius 2 is 1.20 bits per heavy atom. The minimum absolute atomic E-state index is 0.134. The molecule has 0 atom stereocenters. The summed E-state index contributed by atoms with van der Waals surface area (Å²) in [5, 5.41) is 3.52. The molecule has 150 valence electrons. The van der Waals surface area contributed by atoms with Crippen LogP contribution < -0.4 is 11.1 Å². The average molecular weight is 393 g/mol. The lowest BCUT2D eigenvalue weighted by Gasteiger charge is -2.20. The van der Waals surface area contributed by atoms with E-state index in [0.29, 0.717) is 0 Å². The molecular weight excluding hydrogens is 364 g/mol. The molecule has 4 aromatic carbocycles. The van der Waals surface area contributed by atoms with Gasteiger partial charge in [0.1, 0.15) is 0 Å². The number of hydrogen-bond acceptors (Lipinski definition) is 2. The Kier molecular flexibility index (Phi) is 5.33. The van der Waals surface area contributed by atoms with Crippen molar-refractivity contribution in [2.24, 2.45) is 0 Å². The van der Waals surface area contributed by atoms with Crippen molar-refractivity contribution in [3.63, 3.8) is 0 Å². The van der Waals surface area contributed by atoms with E-state index in [0.717, 1.165) is 22.6 Å². The molecule has 2 heteroatoms. The molecule has 30 heavy (non-hydrogen) atoms. The molecule has 0 aliphatic carbocycles. The minimum Gasteiger partial charge on any atom is -0.399 e. The van der Waals surface area contributed by atoms with E-state index < -0.39 is 0 Å². The van der Waals surface area contributed by atoms with Crippen molar-refractivity contribution in [3.8, 4) is 22.3 Å². The molecule has 0 fully saturated rings. The fourth-order valence-corrected chi connectivity index (χ4v) is 3.61.